The van der Waals surface area contributed by atoms with Crippen molar-refractivity contribution in [1.29, 1.82) is 0 Å². The Morgan fingerprint density at radius 1 is 1.38 bits per heavy atom. The molecule has 0 radical (unpaired) electrons. The van der Waals surface area contributed by atoms with Gasteiger partial charge in [0.25, 0.3) is 11.6 Å². The summed E-state index contributed by atoms with van der Waals surface area (Å²) in [5, 5.41) is 26.4. The van der Waals surface area contributed by atoms with E-state index in [4.69, 9.17) is 5.11 Å². The lowest BCUT2D eigenvalue weighted by atomic mass is 10.1. The SMILES string of the molecule is Cc1cc([N+](=O)[O-])ccc1C(=O)Nc1cnn(C(C)(C)C(=O)O)c1. The van der Waals surface area contributed by atoms with E-state index in [2.05, 4.69) is 10.4 Å². The molecule has 9 heteroatoms. The van der Waals surface area contributed by atoms with Crippen molar-refractivity contribution in [2.24, 2.45) is 0 Å². The minimum Gasteiger partial charge on any atom is -0.479 e. The van der Waals surface area contributed by atoms with Crippen LogP contribution >= 0.6 is 0 Å². The number of carbonyl (C=O) groups is 2. The molecule has 0 bridgehead atoms. The monoisotopic (exact) mass is 332 g/mol. The molecule has 1 amide bonds. The number of benzene rings is 1. The molecule has 0 fully saturated rings. The van der Waals surface area contributed by atoms with Crippen molar-refractivity contribution in [3.8, 4) is 0 Å². The molecule has 2 N–H and O–H groups in total. The Morgan fingerprint density at radius 2 is 2.04 bits per heavy atom. The maximum absolute atomic E-state index is 12.3. The second-order valence-corrected chi connectivity index (χ2v) is 5.75. The number of rotatable bonds is 5. The van der Waals surface area contributed by atoms with Gasteiger partial charge in [-0.3, -0.25) is 19.6 Å². The molecule has 2 aromatic rings. The molecule has 0 aliphatic heterocycles. The Labute approximate surface area is 137 Å². The summed E-state index contributed by atoms with van der Waals surface area (Å²) in [5.41, 5.74) is -0.287. The number of carboxylic acids is 1. The normalized spacial score (nSPS) is 11.1. The van der Waals surface area contributed by atoms with Gasteiger partial charge in [-0.05, 0) is 32.4 Å². The lowest BCUT2D eigenvalue weighted by Crippen LogP contribution is -2.35. The standard InChI is InChI=1S/C15H16N4O5/c1-9-6-11(19(23)24)4-5-12(9)13(20)17-10-7-16-18(8-10)15(2,3)14(21)22/h4-8H,1-3H3,(H,17,20)(H,21,22). The Morgan fingerprint density at radius 3 is 2.58 bits per heavy atom. The number of hydrogen-bond acceptors (Lipinski definition) is 5. The molecular formula is C15H16N4O5. The molecule has 0 saturated heterocycles. The lowest BCUT2D eigenvalue weighted by molar-refractivity contribution is -0.384. The zero-order valence-corrected chi connectivity index (χ0v) is 13.3. The number of nitrogens with zero attached hydrogens (tertiary/aromatic N) is 3. The van der Waals surface area contributed by atoms with E-state index in [1.807, 2.05) is 0 Å². The fraction of sp³-hybridized carbons (Fsp3) is 0.267. The molecule has 24 heavy (non-hydrogen) atoms. The van der Waals surface area contributed by atoms with E-state index in [1.54, 1.807) is 6.92 Å². The first-order valence-corrected chi connectivity index (χ1v) is 6.98. The van der Waals surface area contributed by atoms with Crippen LogP contribution in [0.5, 0.6) is 0 Å². The van der Waals surface area contributed by atoms with Crippen LogP contribution in [0.3, 0.4) is 0 Å². The molecule has 0 atom stereocenters. The Bertz CT molecular complexity index is 825. The zero-order valence-electron chi connectivity index (χ0n) is 13.3. The largest absolute Gasteiger partial charge is 0.479 e. The summed E-state index contributed by atoms with van der Waals surface area (Å²) in [6, 6.07) is 3.93. The summed E-state index contributed by atoms with van der Waals surface area (Å²) in [4.78, 5) is 33.7. The van der Waals surface area contributed by atoms with Gasteiger partial charge >= 0.3 is 5.97 Å². The van der Waals surface area contributed by atoms with Crippen LogP contribution in [0.4, 0.5) is 11.4 Å². The van der Waals surface area contributed by atoms with Crippen LogP contribution in [0, 0.1) is 17.0 Å². The van der Waals surface area contributed by atoms with E-state index in [0.717, 1.165) is 0 Å². The van der Waals surface area contributed by atoms with Crippen molar-refractivity contribution >= 4 is 23.3 Å². The third-order valence-electron chi connectivity index (χ3n) is 3.60. The third-order valence-corrected chi connectivity index (χ3v) is 3.60. The number of nitro benzene ring substituents is 1. The fourth-order valence-electron chi connectivity index (χ4n) is 2.01. The summed E-state index contributed by atoms with van der Waals surface area (Å²) in [6.45, 7) is 4.56. The predicted molar refractivity (Wildman–Crippen MR) is 85.0 cm³/mol. The highest BCUT2D eigenvalue weighted by Crippen LogP contribution is 2.20. The van der Waals surface area contributed by atoms with Gasteiger partial charge in [0.2, 0.25) is 0 Å². The van der Waals surface area contributed by atoms with Crippen LogP contribution in [-0.2, 0) is 10.3 Å². The quantitative estimate of drug-likeness (QED) is 0.638. The first-order valence-electron chi connectivity index (χ1n) is 6.98. The topological polar surface area (TPSA) is 127 Å². The number of nitro groups is 1. The lowest BCUT2D eigenvalue weighted by Gasteiger charge is -2.19. The molecule has 2 rings (SSSR count). The van der Waals surface area contributed by atoms with Crippen molar-refractivity contribution in [1.82, 2.24) is 9.78 Å². The van der Waals surface area contributed by atoms with E-state index in [1.165, 1.54) is 49.1 Å². The molecule has 9 nitrogen and oxygen atoms in total. The number of aryl methyl sites for hydroxylation is 1. The number of anilines is 1. The van der Waals surface area contributed by atoms with Crippen LogP contribution in [0.15, 0.2) is 30.6 Å². The number of nitrogens with one attached hydrogen (secondary N) is 1. The second-order valence-electron chi connectivity index (χ2n) is 5.75. The molecular weight excluding hydrogens is 316 g/mol. The summed E-state index contributed by atoms with van der Waals surface area (Å²) in [6.07, 6.45) is 2.75. The van der Waals surface area contributed by atoms with Gasteiger partial charge in [-0.15, -0.1) is 0 Å². The molecule has 1 heterocycles. The first-order chi connectivity index (χ1) is 11.1. The average molecular weight is 332 g/mol. The molecule has 0 aliphatic rings. The van der Waals surface area contributed by atoms with E-state index >= 15 is 0 Å². The van der Waals surface area contributed by atoms with Crippen LogP contribution < -0.4 is 5.32 Å². The van der Waals surface area contributed by atoms with Crippen LogP contribution in [0.2, 0.25) is 0 Å². The summed E-state index contributed by atoms with van der Waals surface area (Å²) in [7, 11) is 0. The third kappa shape index (κ3) is 3.24. The van der Waals surface area contributed by atoms with E-state index in [9.17, 15) is 19.7 Å². The van der Waals surface area contributed by atoms with Crippen LogP contribution in [0.1, 0.15) is 29.8 Å². The highest BCUT2D eigenvalue weighted by atomic mass is 16.6. The van der Waals surface area contributed by atoms with Gasteiger partial charge < -0.3 is 10.4 Å². The van der Waals surface area contributed by atoms with Gasteiger partial charge in [0.15, 0.2) is 5.54 Å². The highest BCUT2D eigenvalue weighted by molar-refractivity contribution is 6.05. The average Bonchev–Trinajstić information content (AvgIpc) is 2.95. The minimum atomic E-state index is -1.26. The van der Waals surface area contributed by atoms with Crippen molar-refractivity contribution in [2.45, 2.75) is 26.3 Å². The number of carbonyl (C=O) groups excluding carboxylic acids is 1. The van der Waals surface area contributed by atoms with Gasteiger partial charge in [0.1, 0.15) is 0 Å². The van der Waals surface area contributed by atoms with Gasteiger partial charge in [-0.2, -0.15) is 5.10 Å². The smallest absolute Gasteiger partial charge is 0.331 e. The van der Waals surface area contributed by atoms with Crippen molar-refractivity contribution in [2.75, 3.05) is 5.32 Å². The predicted octanol–water partition coefficient (Wildman–Crippen LogP) is 2.17. The molecule has 0 spiro atoms. The molecule has 1 aromatic heterocycles. The number of carboxylic acid groups (broad SMARTS) is 1. The zero-order chi connectivity index (χ0) is 18.1. The van der Waals surface area contributed by atoms with Gasteiger partial charge in [-0.1, -0.05) is 0 Å². The number of aliphatic carboxylic acids is 1. The van der Waals surface area contributed by atoms with E-state index in [0.29, 0.717) is 11.3 Å². The van der Waals surface area contributed by atoms with Gasteiger partial charge in [-0.25, -0.2) is 4.79 Å². The number of aromatic nitrogens is 2. The molecule has 0 unspecified atom stereocenters. The minimum absolute atomic E-state index is 0.0972. The van der Waals surface area contributed by atoms with Gasteiger partial charge in [0.05, 0.1) is 16.8 Å². The summed E-state index contributed by atoms with van der Waals surface area (Å²) >= 11 is 0. The van der Waals surface area contributed by atoms with Crippen molar-refractivity contribution in [3.05, 3.63) is 51.8 Å². The maximum atomic E-state index is 12.3. The van der Waals surface area contributed by atoms with Crippen molar-refractivity contribution < 1.29 is 19.6 Å². The second kappa shape index (κ2) is 6.11. The fourth-order valence-corrected chi connectivity index (χ4v) is 2.01. The van der Waals surface area contributed by atoms with Crippen molar-refractivity contribution in [3.63, 3.8) is 0 Å². The number of amides is 1. The molecule has 0 aliphatic carbocycles. The van der Waals surface area contributed by atoms with Gasteiger partial charge in [0, 0.05) is 23.9 Å². The molecule has 1 aromatic carbocycles. The highest BCUT2D eigenvalue weighted by Gasteiger charge is 2.30. The Hall–Kier alpha value is -3.23. The maximum Gasteiger partial charge on any atom is 0.331 e. The molecule has 0 saturated carbocycles. The Balaban J connectivity index is 2.21. The molecule has 126 valence electrons. The Kier molecular flexibility index (Phi) is 4.36. The summed E-state index contributed by atoms with van der Waals surface area (Å²) < 4.78 is 1.23. The van der Waals surface area contributed by atoms with E-state index in [-0.39, 0.29) is 11.3 Å². The van der Waals surface area contributed by atoms with Crippen LogP contribution in [0.25, 0.3) is 0 Å². The number of hydrogen-bond donors (Lipinski definition) is 2. The summed E-state index contributed by atoms with van der Waals surface area (Å²) in [5.74, 6) is -1.52. The first kappa shape index (κ1) is 17.1. The van der Waals surface area contributed by atoms with E-state index < -0.39 is 22.3 Å². The number of non-ortho nitro benzene ring substituents is 1. The van der Waals surface area contributed by atoms with Crippen LogP contribution in [-0.4, -0.2) is 31.7 Å².